The van der Waals surface area contributed by atoms with Gasteiger partial charge in [0.1, 0.15) is 5.82 Å². The lowest BCUT2D eigenvalue weighted by atomic mass is 10.0. The summed E-state index contributed by atoms with van der Waals surface area (Å²) in [4.78, 5) is 26.8. The normalized spacial score (nSPS) is 14.6. The van der Waals surface area contributed by atoms with Crippen LogP contribution in [0.3, 0.4) is 0 Å². The molecular formula is C20H22N4O. The first-order chi connectivity index (χ1) is 12.2. The van der Waals surface area contributed by atoms with Crippen LogP contribution in [-0.4, -0.2) is 26.4 Å². The van der Waals surface area contributed by atoms with E-state index in [4.69, 9.17) is 0 Å². The van der Waals surface area contributed by atoms with Crippen LogP contribution in [0.4, 0.5) is 0 Å². The van der Waals surface area contributed by atoms with Gasteiger partial charge in [0.15, 0.2) is 0 Å². The molecule has 1 aliphatic heterocycles. The van der Waals surface area contributed by atoms with Gasteiger partial charge in [-0.2, -0.15) is 0 Å². The van der Waals surface area contributed by atoms with Crippen LogP contribution in [0, 0.1) is 0 Å². The zero-order chi connectivity index (χ0) is 17.2. The highest BCUT2D eigenvalue weighted by Crippen LogP contribution is 2.21. The number of H-pyrrole nitrogens is 1. The smallest absolute Gasteiger partial charge is 0.255 e. The number of benzene rings is 1. The monoisotopic (exact) mass is 334 g/mol. The van der Waals surface area contributed by atoms with Crippen molar-refractivity contribution in [2.24, 2.45) is 0 Å². The van der Waals surface area contributed by atoms with E-state index in [9.17, 15) is 4.79 Å². The van der Waals surface area contributed by atoms with Crippen molar-refractivity contribution in [1.29, 1.82) is 0 Å². The molecule has 0 aliphatic carbocycles. The van der Waals surface area contributed by atoms with E-state index >= 15 is 0 Å². The summed E-state index contributed by atoms with van der Waals surface area (Å²) >= 11 is 0. The minimum Gasteiger partial charge on any atom is -0.310 e. The fourth-order valence-electron chi connectivity index (χ4n) is 3.56. The van der Waals surface area contributed by atoms with Crippen LogP contribution in [0.1, 0.15) is 36.0 Å². The number of rotatable bonds is 4. The van der Waals surface area contributed by atoms with E-state index in [1.54, 1.807) is 0 Å². The van der Waals surface area contributed by atoms with Crippen molar-refractivity contribution >= 4 is 10.9 Å². The Kier molecular flexibility index (Phi) is 4.32. The second-order valence-electron chi connectivity index (χ2n) is 6.64. The van der Waals surface area contributed by atoms with Crippen molar-refractivity contribution in [2.75, 3.05) is 6.54 Å². The van der Waals surface area contributed by atoms with Crippen molar-refractivity contribution in [2.45, 2.75) is 39.3 Å². The largest absolute Gasteiger partial charge is 0.310 e. The Morgan fingerprint density at radius 1 is 1.24 bits per heavy atom. The van der Waals surface area contributed by atoms with Crippen LogP contribution in [0.5, 0.6) is 0 Å². The molecule has 3 heterocycles. The van der Waals surface area contributed by atoms with Gasteiger partial charge in [-0.3, -0.25) is 14.7 Å². The first kappa shape index (κ1) is 16.0. The van der Waals surface area contributed by atoms with E-state index in [-0.39, 0.29) is 5.56 Å². The summed E-state index contributed by atoms with van der Waals surface area (Å²) in [6.07, 6.45) is 4.51. The lowest BCUT2D eigenvalue weighted by Crippen LogP contribution is -2.35. The number of aryl methyl sites for hydroxylation is 1. The Labute approximate surface area is 146 Å². The number of hydrogen-bond acceptors (Lipinski definition) is 4. The highest BCUT2D eigenvalue weighted by Gasteiger charge is 2.21. The number of nitrogens with one attached hydrogen (secondary N) is 1. The molecule has 1 aromatic carbocycles. The van der Waals surface area contributed by atoms with Gasteiger partial charge in [0.05, 0.1) is 16.8 Å². The molecule has 0 fully saturated rings. The van der Waals surface area contributed by atoms with E-state index in [1.807, 2.05) is 24.4 Å². The predicted molar refractivity (Wildman–Crippen MR) is 98.4 cm³/mol. The maximum absolute atomic E-state index is 12.4. The number of fused-ring (bicyclic) bond motifs is 2. The van der Waals surface area contributed by atoms with Crippen LogP contribution in [0.25, 0.3) is 10.9 Å². The molecule has 4 rings (SSSR count). The molecule has 0 saturated heterocycles. The second kappa shape index (κ2) is 6.76. The topological polar surface area (TPSA) is 61.9 Å². The van der Waals surface area contributed by atoms with Crippen molar-refractivity contribution in [3.05, 3.63) is 69.5 Å². The molecule has 5 heteroatoms. The SMILES string of the molecule is CCCc1nc2c(c(=O)[nH]1)CN(Cc1ccnc3ccccc13)CC2. The van der Waals surface area contributed by atoms with E-state index in [1.165, 1.54) is 10.9 Å². The number of aromatic amines is 1. The minimum absolute atomic E-state index is 0.0257. The first-order valence-corrected chi connectivity index (χ1v) is 8.90. The van der Waals surface area contributed by atoms with Crippen molar-refractivity contribution in [1.82, 2.24) is 19.9 Å². The van der Waals surface area contributed by atoms with Crippen LogP contribution in [-0.2, 0) is 25.9 Å². The highest BCUT2D eigenvalue weighted by atomic mass is 16.1. The predicted octanol–water partition coefficient (Wildman–Crippen LogP) is 2.83. The number of para-hydroxylation sites is 1. The molecule has 0 unspecified atom stereocenters. The average Bonchev–Trinajstić information content (AvgIpc) is 2.63. The second-order valence-corrected chi connectivity index (χ2v) is 6.64. The molecule has 5 nitrogen and oxygen atoms in total. The van der Waals surface area contributed by atoms with E-state index < -0.39 is 0 Å². The molecule has 1 N–H and O–H groups in total. The molecule has 3 aromatic rings. The maximum Gasteiger partial charge on any atom is 0.255 e. The lowest BCUT2D eigenvalue weighted by Gasteiger charge is -2.28. The van der Waals surface area contributed by atoms with Crippen LogP contribution < -0.4 is 5.56 Å². The first-order valence-electron chi connectivity index (χ1n) is 8.90. The summed E-state index contributed by atoms with van der Waals surface area (Å²) < 4.78 is 0. The standard InChI is InChI=1S/C20H22N4O/c1-2-5-19-22-18-9-11-24(13-16(18)20(25)23-19)12-14-8-10-21-17-7-4-3-6-15(14)17/h3-4,6-8,10H,2,5,9,11-13H2,1H3,(H,22,23,25). The summed E-state index contributed by atoms with van der Waals surface area (Å²) in [6.45, 7) is 4.49. The van der Waals surface area contributed by atoms with Crippen molar-refractivity contribution in [3.8, 4) is 0 Å². The summed E-state index contributed by atoms with van der Waals surface area (Å²) in [7, 11) is 0. The van der Waals surface area contributed by atoms with E-state index in [0.717, 1.165) is 55.0 Å². The van der Waals surface area contributed by atoms with Crippen LogP contribution >= 0.6 is 0 Å². The third-order valence-corrected chi connectivity index (χ3v) is 4.82. The van der Waals surface area contributed by atoms with Gasteiger partial charge >= 0.3 is 0 Å². The Morgan fingerprint density at radius 3 is 3.00 bits per heavy atom. The van der Waals surface area contributed by atoms with Crippen LogP contribution in [0.15, 0.2) is 41.3 Å². The molecule has 0 bridgehead atoms. The maximum atomic E-state index is 12.4. The summed E-state index contributed by atoms with van der Waals surface area (Å²) in [5.41, 5.74) is 4.09. The minimum atomic E-state index is 0.0257. The van der Waals surface area contributed by atoms with Gasteiger partial charge in [-0.05, 0) is 24.1 Å². The Hall–Kier alpha value is -2.53. The summed E-state index contributed by atoms with van der Waals surface area (Å²) in [5.74, 6) is 0.819. The molecule has 128 valence electrons. The Morgan fingerprint density at radius 2 is 2.12 bits per heavy atom. The number of nitrogens with zero attached hydrogens (tertiary/aromatic N) is 3. The summed E-state index contributed by atoms with van der Waals surface area (Å²) in [5, 5.41) is 1.18. The lowest BCUT2D eigenvalue weighted by molar-refractivity contribution is 0.242. The third-order valence-electron chi connectivity index (χ3n) is 4.82. The molecule has 0 atom stereocenters. The highest BCUT2D eigenvalue weighted by molar-refractivity contribution is 5.81. The fourth-order valence-corrected chi connectivity index (χ4v) is 3.56. The zero-order valence-corrected chi connectivity index (χ0v) is 14.5. The molecule has 0 spiro atoms. The zero-order valence-electron chi connectivity index (χ0n) is 14.5. The number of hydrogen-bond donors (Lipinski definition) is 1. The van der Waals surface area contributed by atoms with Gasteiger partial charge in [-0.15, -0.1) is 0 Å². The number of aromatic nitrogens is 3. The van der Waals surface area contributed by atoms with E-state index in [2.05, 4.69) is 38.9 Å². The quantitative estimate of drug-likeness (QED) is 0.797. The fraction of sp³-hybridized carbons (Fsp3) is 0.350. The Bertz CT molecular complexity index is 958. The van der Waals surface area contributed by atoms with Crippen molar-refractivity contribution in [3.63, 3.8) is 0 Å². The third kappa shape index (κ3) is 3.20. The van der Waals surface area contributed by atoms with Gasteiger partial charge in [0.25, 0.3) is 5.56 Å². The van der Waals surface area contributed by atoms with Gasteiger partial charge < -0.3 is 4.98 Å². The van der Waals surface area contributed by atoms with Crippen molar-refractivity contribution < 1.29 is 0 Å². The van der Waals surface area contributed by atoms with Gasteiger partial charge in [-0.1, -0.05) is 25.1 Å². The molecule has 0 radical (unpaired) electrons. The van der Waals surface area contributed by atoms with Gasteiger partial charge in [-0.25, -0.2) is 4.98 Å². The molecule has 1 aliphatic rings. The molecule has 25 heavy (non-hydrogen) atoms. The Balaban J connectivity index is 1.59. The van der Waals surface area contributed by atoms with Gasteiger partial charge in [0, 0.05) is 44.1 Å². The molecule has 2 aromatic heterocycles. The average molecular weight is 334 g/mol. The molecule has 0 saturated carbocycles. The summed E-state index contributed by atoms with van der Waals surface area (Å²) in [6, 6.07) is 10.3. The van der Waals surface area contributed by atoms with E-state index in [0.29, 0.717) is 6.54 Å². The van der Waals surface area contributed by atoms with Gasteiger partial charge in [0.2, 0.25) is 0 Å². The molecular weight excluding hydrogens is 312 g/mol. The van der Waals surface area contributed by atoms with Crippen LogP contribution in [0.2, 0.25) is 0 Å². The molecule has 0 amide bonds. The number of pyridine rings is 1.